The van der Waals surface area contributed by atoms with Gasteiger partial charge < -0.3 is 9.84 Å². The van der Waals surface area contributed by atoms with E-state index in [1.807, 2.05) is 18.2 Å². The average Bonchev–Trinajstić information content (AvgIpc) is 2.41. The molecule has 0 spiro atoms. The van der Waals surface area contributed by atoms with E-state index in [1.54, 1.807) is 12.4 Å². The summed E-state index contributed by atoms with van der Waals surface area (Å²) in [5.74, 6) is -0.00713. The Bertz CT molecular complexity index is 476. The molecule has 0 aliphatic heterocycles. The van der Waals surface area contributed by atoms with Gasteiger partial charge in [-0.05, 0) is 18.2 Å². The van der Waals surface area contributed by atoms with E-state index in [0.717, 1.165) is 6.07 Å². The number of hydrogen-bond acceptors (Lipinski definition) is 5. The maximum Gasteiger partial charge on any atom is 0.273 e. The van der Waals surface area contributed by atoms with Crippen LogP contribution < -0.4 is 4.74 Å². The summed E-state index contributed by atoms with van der Waals surface area (Å²) in [5.41, 5.74) is -0.107. The maximum absolute atomic E-state index is 10.2. The molecule has 0 bridgehead atoms. The summed E-state index contributed by atoms with van der Waals surface area (Å²) in [7, 11) is 1.33. The standard InChI is InChI=1S/C7H7NO4.C5H5N/c1-12-7-4-5(8(10)11)2-3-6(7)9;1-2-4-6-5-3-1/h2-4,9H,1H3;1-5H. The third-order valence-corrected chi connectivity index (χ3v) is 1.94. The van der Waals surface area contributed by atoms with Crippen molar-refractivity contribution in [2.45, 2.75) is 0 Å². The van der Waals surface area contributed by atoms with Crippen molar-refractivity contribution in [1.82, 2.24) is 4.98 Å². The molecule has 0 saturated carbocycles. The van der Waals surface area contributed by atoms with E-state index < -0.39 is 4.92 Å². The average molecular weight is 248 g/mol. The number of nitrogens with zero attached hydrogens (tertiary/aromatic N) is 2. The lowest BCUT2D eigenvalue weighted by Gasteiger charge is -2.00. The molecule has 94 valence electrons. The van der Waals surface area contributed by atoms with Crippen LogP contribution in [-0.4, -0.2) is 22.1 Å². The Morgan fingerprint density at radius 2 is 1.94 bits per heavy atom. The highest BCUT2D eigenvalue weighted by atomic mass is 16.6. The molecule has 0 fully saturated rings. The quantitative estimate of drug-likeness (QED) is 0.651. The third-order valence-electron chi connectivity index (χ3n) is 1.94. The Kier molecular flexibility index (Phi) is 5.11. The van der Waals surface area contributed by atoms with Crippen molar-refractivity contribution in [3.63, 3.8) is 0 Å². The fraction of sp³-hybridized carbons (Fsp3) is 0.0833. The molecule has 1 aromatic carbocycles. The van der Waals surface area contributed by atoms with E-state index in [1.165, 1.54) is 19.2 Å². The molecule has 0 radical (unpaired) electrons. The van der Waals surface area contributed by atoms with Crippen LogP contribution >= 0.6 is 0 Å². The molecule has 0 amide bonds. The Balaban J connectivity index is 0.000000225. The monoisotopic (exact) mass is 248 g/mol. The fourth-order valence-electron chi connectivity index (χ4n) is 1.09. The molecule has 2 rings (SSSR count). The number of non-ortho nitro benzene ring substituents is 1. The second-order valence-electron chi connectivity index (χ2n) is 3.14. The Labute approximate surface area is 104 Å². The minimum atomic E-state index is -0.554. The van der Waals surface area contributed by atoms with Crippen LogP contribution in [0.2, 0.25) is 0 Å². The number of nitro groups is 1. The number of hydrogen-bond donors (Lipinski definition) is 1. The number of phenols is 1. The van der Waals surface area contributed by atoms with E-state index in [-0.39, 0.29) is 17.2 Å². The fourth-order valence-corrected chi connectivity index (χ4v) is 1.09. The zero-order valence-electron chi connectivity index (χ0n) is 9.69. The van der Waals surface area contributed by atoms with Crippen LogP contribution in [0.3, 0.4) is 0 Å². The predicted octanol–water partition coefficient (Wildman–Crippen LogP) is 2.39. The third kappa shape index (κ3) is 4.09. The number of methoxy groups -OCH3 is 1. The first-order chi connectivity index (χ1) is 8.65. The molecule has 1 N–H and O–H groups in total. The van der Waals surface area contributed by atoms with Gasteiger partial charge in [0.15, 0.2) is 11.5 Å². The normalized spacial score (nSPS) is 8.94. The minimum Gasteiger partial charge on any atom is -0.504 e. The van der Waals surface area contributed by atoms with Crippen LogP contribution in [0, 0.1) is 10.1 Å². The molecule has 1 aromatic heterocycles. The number of aromatic nitrogens is 1. The van der Waals surface area contributed by atoms with Crippen LogP contribution in [-0.2, 0) is 0 Å². The van der Waals surface area contributed by atoms with Gasteiger partial charge in [0.2, 0.25) is 0 Å². The number of rotatable bonds is 2. The number of aromatic hydroxyl groups is 1. The highest BCUT2D eigenvalue weighted by molar-refractivity contribution is 5.47. The van der Waals surface area contributed by atoms with Crippen molar-refractivity contribution in [1.29, 1.82) is 0 Å². The van der Waals surface area contributed by atoms with Crippen molar-refractivity contribution in [2.24, 2.45) is 0 Å². The van der Waals surface area contributed by atoms with E-state index in [4.69, 9.17) is 5.11 Å². The van der Waals surface area contributed by atoms with Gasteiger partial charge in [-0.25, -0.2) is 0 Å². The lowest BCUT2D eigenvalue weighted by molar-refractivity contribution is -0.385. The minimum absolute atomic E-state index is 0.101. The Morgan fingerprint density at radius 3 is 2.33 bits per heavy atom. The van der Waals surface area contributed by atoms with E-state index in [0.29, 0.717) is 0 Å². The summed E-state index contributed by atoms with van der Waals surface area (Å²) in [6.45, 7) is 0. The molecule has 0 aliphatic rings. The topological polar surface area (TPSA) is 85.5 Å². The van der Waals surface area contributed by atoms with Gasteiger partial charge in [-0.15, -0.1) is 0 Å². The summed E-state index contributed by atoms with van der Waals surface area (Å²) in [4.78, 5) is 13.5. The molecule has 1 heterocycles. The zero-order chi connectivity index (χ0) is 13.4. The summed E-state index contributed by atoms with van der Waals surface area (Å²) in [6.07, 6.45) is 3.50. The van der Waals surface area contributed by atoms with Crippen molar-refractivity contribution in [3.8, 4) is 11.5 Å². The van der Waals surface area contributed by atoms with Gasteiger partial charge >= 0.3 is 0 Å². The van der Waals surface area contributed by atoms with Gasteiger partial charge in [0.1, 0.15) is 0 Å². The molecule has 0 saturated heterocycles. The van der Waals surface area contributed by atoms with Gasteiger partial charge in [-0.2, -0.15) is 0 Å². The van der Waals surface area contributed by atoms with Gasteiger partial charge in [-0.3, -0.25) is 15.1 Å². The van der Waals surface area contributed by atoms with Crippen LogP contribution in [0.1, 0.15) is 0 Å². The molecule has 0 atom stereocenters. The van der Waals surface area contributed by atoms with E-state index >= 15 is 0 Å². The SMILES string of the molecule is COc1cc([N+](=O)[O-])ccc1O.c1ccncc1. The first kappa shape index (κ1) is 13.4. The van der Waals surface area contributed by atoms with Gasteiger partial charge in [0, 0.05) is 18.5 Å². The smallest absolute Gasteiger partial charge is 0.273 e. The second kappa shape index (κ2) is 6.85. The zero-order valence-corrected chi connectivity index (χ0v) is 9.69. The Hall–Kier alpha value is -2.63. The molecular weight excluding hydrogens is 236 g/mol. The van der Waals surface area contributed by atoms with Crippen LogP contribution in [0.5, 0.6) is 11.5 Å². The number of benzene rings is 1. The molecule has 6 nitrogen and oxygen atoms in total. The van der Waals surface area contributed by atoms with Crippen molar-refractivity contribution >= 4 is 5.69 Å². The second-order valence-corrected chi connectivity index (χ2v) is 3.14. The summed E-state index contributed by atoms with van der Waals surface area (Å²) >= 11 is 0. The lowest BCUT2D eigenvalue weighted by Crippen LogP contribution is -1.89. The Morgan fingerprint density at radius 1 is 1.28 bits per heavy atom. The highest BCUT2D eigenvalue weighted by Crippen LogP contribution is 2.29. The van der Waals surface area contributed by atoms with Crippen molar-refractivity contribution in [2.75, 3.05) is 7.11 Å². The van der Waals surface area contributed by atoms with Crippen molar-refractivity contribution < 1.29 is 14.8 Å². The first-order valence-corrected chi connectivity index (χ1v) is 5.01. The molecule has 0 unspecified atom stereocenters. The molecule has 2 aromatic rings. The largest absolute Gasteiger partial charge is 0.504 e. The van der Waals surface area contributed by atoms with Gasteiger partial charge in [0.05, 0.1) is 18.1 Å². The number of pyridine rings is 1. The maximum atomic E-state index is 10.2. The van der Waals surface area contributed by atoms with E-state index in [2.05, 4.69) is 9.72 Å². The van der Waals surface area contributed by atoms with Gasteiger partial charge in [-0.1, -0.05) is 6.07 Å². The molecule has 0 aliphatic carbocycles. The van der Waals surface area contributed by atoms with Crippen molar-refractivity contribution in [3.05, 3.63) is 58.9 Å². The van der Waals surface area contributed by atoms with Crippen LogP contribution in [0.15, 0.2) is 48.8 Å². The summed E-state index contributed by atoms with van der Waals surface area (Å²) in [6, 6.07) is 9.30. The number of nitro benzene ring substituents is 1. The number of ether oxygens (including phenoxy) is 1. The van der Waals surface area contributed by atoms with E-state index in [9.17, 15) is 10.1 Å². The highest BCUT2D eigenvalue weighted by Gasteiger charge is 2.09. The summed E-state index contributed by atoms with van der Waals surface area (Å²) in [5, 5.41) is 19.3. The molecule has 18 heavy (non-hydrogen) atoms. The lowest BCUT2D eigenvalue weighted by atomic mass is 10.3. The summed E-state index contributed by atoms with van der Waals surface area (Å²) < 4.78 is 4.68. The van der Waals surface area contributed by atoms with Gasteiger partial charge in [0.25, 0.3) is 5.69 Å². The molecular formula is C12H12N2O4. The van der Waals surface area contributed by atoms with Crippen LogP contribution in [0.4, 0.5) is 5.69 Å². The first-order valence-electron chi connectivity index (χ1n) is 5.01. The predicted molar refractivity (Wildman–Crippen MR) is 65.6 cm³/mol. The number of phenolic OH excluding ortho intramolecular Hbond substituents is 1. The van der Waals surface area contributed by atoms with Crippen LogP contribution in [0.25, 0.3) is 0 Å². The molecule has 6 heteroatoms.